The number of aromatic nitrogens is 3. The van der Waals surface area contributed by atoms with Gasteiger partial charge >= 0.3 is 0 Å². The summed E-state index contributed by atoms with van der Waals surface area (Å²) in [5.41, 5.74) is 1.39. The van der Waals surface area contributed by atoms with E-state index in [1.807, 2.05) is 12.3 Å². The van der Waals surface area contributed by atoms with Crippen molar-refractivity contribution in [1.82, 2.24) is 15.0 Å². The van der Waals surface area contributed by atoms with Gasteiger partial charge in [-0.1, -0.05) is 6.07 Å². The summed E-state index contributed by atoms with van der Waals surface area (Å²) in [6.07, 6.45) is 8.45. The number of pyridine rings is 1. The molecule has 3 heterocycles. The molecule has 4 rings (SSSR count). The van der Waals surface area contributed by atoms with Gasteiger partial charge in [0.05, 0.1) is 0 Å². The third-order valence-corrected chi connectivity index (χ3v) is 4.75. The Morgan fingerprint density at radius 1 is 1.09 bits per heavy atom. The summed E-state index contributed by atoms with van der Waals surface area (Å²) in [5.74, 6) is 1.96. The fourth-order valence-corrected chi connectivity index (χ4v) is 3.17. The Morgan fingerprint density at radius 2 is 1.95 bits per heavy atom. The minimum atomic E-state index is 0.194. The molecule has 114 valence electrons. The highest BCUT2D eigenvalue weighted by Crippen LogP contribution is 2.47. The van der Waals surface area contributed by atoms with Crippen molar-refractivity contribution in [3.63, 3.8) is 0 Å². The lowest BCUT2D eigenvalue weighted by Gasteiger charge is -2.18. The molecule has 2 aliphatic rings. The van der Waals surface area contributed by atoms with Crippen LogP contribution in [0.4, 0.5) is 11.6 Å². The third-order valence-electron chi connectivity index (χ3n) is 4.75. The second-order valence-corrected chi connectivity index (χ2v) is 6.30. The lowest BCUT2D eigenvalue weighted by molar-refractivity contribution is 0.701. The van der Waals surface area contributed by atoms with Crippen LogP contribution in [-0.2, 0) is 5.41 Å². The molecule has 1 saturated carbocycles. The number of nitrogens with one attached hydrogen (secondary N) is 1. The highest BCUT2D eigenvalue weighted by atomic mass is 15.2. The van der Waals surface area contributed by atoms with Crippen LogP contribution in [0, 0.1) is 0 Å². The van der Waals surface area contributed by atoms with E-state index in [4.69, 9.17) is 0 Å². The maximum atomic E-state index is 4.52. The number of rotatable bonds is 5. The van der Waals surface area contributed by atoms with E-state index in [-0.39, 0.29) is 5.41 Å². The lowest BCUT2D eigenvalue weighted by atomic mass is 10.0. The van der Waals surface area contributed by atoms with E-state index in [0.29, 0.717) is 0 Å². The molecule has 2 fully saturated rings. The Bertz CT molecular complexity index is 633. The van der Waals surface area contributed by atoms with Crippen LogP contribution in [0.2, 0.25) is 0 Å². The SMILES string of the molecule is c1ccc(C2(CNc3cc(N4CCCC4)ncn3)CC2)nc1. The van der Waals surface area contributed by atoms with Crippen LogP contribution in [0.5, 0.6) is 0 Å². The van der Waals surface area contributed by atoms with Gasteiger partial charge in [0.15, 0.2) is 0 Å². The largest absolute Gasteiger partial charge is 0.369 e. The quantitative estimate of drug-likeness (QED) is 0.919. The van der Waals surface area contributed by atoms with Crippen LogP contribution in [0.25, 0.3) is 0 Å². The molecule has 0 atom stereocenters. The lowest BCUT2D eigenvalue weighted by Crippen LogP contribution is -2.22. The summed E-state index contributed by atoms with van der Waals surface area (Å²) in [6, 6.07) is 8.24. The maximum Gasteiger partial charge on any atom is 0.134 e. The zero-order valence-corrected chi connectivity index (χ0v) is 12.7. The predicted octanol–water partition coefficient (Wildman–Crippen LogP) is 2.62. The summed E-state index contributed by atoms with van der Waals surface area (Å²) in [4.78, 5) is 15.6. The van der Waals surface area contributed by atoms with Gasteiger partial charge in [-0.15, -0.1) is 0 Å². The standard InChI is InChI=1S/C17H21N5/c1-2-8-18-14(5-1)17(6-7-17)12-19-15-11-16(21-13-20-15)22-9-3-4-10-22/h1-2,5,8,11,13H,3-4,6-7,9-10,12H2,(H,19,20,21). The molecule has 0 bridgehead atoms. The molecule has 1 aliphatic carbocycles. The van der Waals surface area contributed by atoms with Gasteiger partial charge in [0.25, 0.3) is 0 Å². The first-order valence-corrected chi connectivity index (χ1v) is 8.08. The summed E-state index contributed by atoms with van der Waals surface area (Å²) >= 11 is 0. The molecule has 5 nitrogen and oxygen atoms in total. The highest BCUT2D eigenvalue weighted by molar-refractivity contribution is 5.49. The van der Waals surface area contributed by atoms with Gasteiger partial charge < -0.3 is 10.2 Å². The van der Waals surface area contributed by atoms with Crippen molar-refractivity contribution in [3.05, 3.63) is 42.5 Å². The van der Waals surface area contributed by atoms with Gasteiger partial charge in [0.1, 0.15) is 18.0 Å². The minimum absolute atomic E-state index is 0.194. The second kappa shape index (κ2) is 5.55. The van der Waals surface area contributed by atoms with Crippen molar-refractivity contribution >= 4 is 11.6 Å². The molecular weight excluding hydrogens is 274 g/mol. The average Bonchev–Trinajstić information content (AvgIpc) is 3.18. The molecule has 2 aromatic rings. The van der Waals surface area contributed by atoms with E-state index < -0.39 is 0 Å². The fourth-order valence-electron chi connectivity index (χ4n) is 3.17. The van der Waals surface area contributed by atoms with Gasteiger partial charge in [-0.2, -0.15) is 0 Å². The molecule has 0 unspecified atom stereocenters. The summed E-state index contributed by atoms with van der Waals surface area (Å²) in [7, 11) is 0. The molecule has 0 amide bonds. The predicted molar refractivity (Wildman–Crippen MR) is 87.1 cm³/mol. The van der Waals surface area contributed by atoms with Gasteiger partial charge in [0, 0.05) is 43.0 Å². The normalized spacial score (nSPS) is 19.2. The first-order chi connectivity index (χ1) is 10.9. The molecular formula is C17H21N5. The highest BCUT2D eigenvalue weighted by Gasteiger charge is 2.45. The van der Waals surface area contributed by atoms with E-state index in [9.17, 15) is 0 Å². The van der Waals surface area contributed by atoms with Crippen LogP contribution in [0.1, 0.15) is 31.4 Å². The maximum absolute atomic E-state index is 4.52. The molecule has 1 saturated heterocycles. The smallest absolute Gasteiger partial charge is 0.134 e. The van der Waals surface area contributed by atoms with Gasteiger partial charge in [-0.25, -0.2) is 9.97 Å². The first kappa shape index (κ1) is 13.5. The minimum Gasteiger partial charge on any atom is -0.369 e. The first-order valence-electron chi connectivity index (χ1n) is 8.08. The molecule has 5 heteroatoms. The van der Waals surface area contributed by atoms with E-state index in [1.165, 1.54) is 31.4 Å². The molecule has 0 spiro atoms. The second-order valence-electron chi connectivity index (χ2n) is 6.30. The topological polar surface area (TPSA) is 53.9 Å². The van der Waals surface area contributed by atoms with Crippen molar-refractivity contribution < 1.29 is 0 Å². The van der Waals surface area contributed by atoms with Crippen molar-refractivity contribution in [2.75, 3.05) is 29.9 Å². The Labute approximate surface area is 130 Å². The van der Waals surface area contributed by atoms with Gasteiger partial charge in [-0.05, 0) is 37.8 Å². The monoisotopic (exact) mass is 295 g/mol. The number of nitrogens with zero attached hydrogens (tertiary/aromatic N) is 4. The van der Waals surface area contributed by atoms with Gasteiger partial charge in [0.2, 0.25) is 0 Å². The number of anilines is 2. The third kappa shape index (κ3) is 2.63. The molecule has 22 heavy (non-hydrogen) atoms. The molecule has 0 aromatic carbocycles. The summed E-state index contributed by atoms with van der Waals surface area (Å²) in [5, 5.41) is 3.49. The Hall–Kier alpha value is -2.17. The van der Waals surface area contributed by atoms with Crippen molar-refractivity contribution in [2.45, 2.75) is 31.1 Å². The van der Waals surface area contributed by atoms with Crippen molar-refractivity contribution in [1.29, 1.82) is 0 Å². The number of hydrogen-bond donors (Lipinski definition) is 1. The van der Waals surface area contributed by atoms with Crippen LogP contribution in [0.15, 0.2) is 36.8 Å². The van der Waals surface area contributed by atoms with Crippen molar-refractivity contribution in [3.8, 4) is 0 Å². The van der Waals surface area contributed by atoms with Crippen LogP contribution >= 0.6 is 0 Å². The van der Waals surface area contributed by atoms with Crippen molar-refractivity contribution in [2.24, 2.45) is 0 Å². The summed E-state index contributed by atoms with van der Waals surface area (Å²) < 4.78 is 0. The van der Waals surface area contributed by atoms with Crippen LogP contribution in [0.3, 0.4) is 0 Å². The molecule has 1 aliphatic heterocycles. The average molecular weight is 295 g/mol. The van der Waals surface area contributed by atoms with Crippen LogP contribution in [-0.4, -0.2) is 34.6 Å². The zero-order chi connectivity index (χ0) is 14.8. The molecule has 1 N–H and O–H groups in total. The van der Waals surface area contributed by atoms with E-state index >= 15 is 0 Å². The summed E-state index contributed by atoms with van der Waals surface area (Å²) in [6.45, 7) is 3.10. The molecule has 0 radical (unpaired) electrons. The fraction of sp³-hybridized carbons (Fsp3) is 0.471. The Kier molecular flexibility index (Phi) is 3.41. The van der Waals surface area contributed by atoms with E-state index in [0.717, 1.165) is 31.3 Å². The van der Waals surface area contributed by atoms with E-state index in [1.54, 1.807) is 6.33 Å². The number of hydrogen-bond acceptors (Lipinski definition) is 5. The Morgan fingerprint density at radius 3 is 2.68 bits per heavy atom. The Balaban J connectivity index is 1.45. The van der Waals surface area contributed by atoms with Gasteiger partial charge in [-0.3, -0.25) is 4.98 Å². The van der Waals surface area contributed by atoms with Crippen LogP contribution < -0.4 is 10.2 Å². The van der Waals surface area contributed by atoms with E-state index in [2.05, 4.69) is 43.4 Å². The molecule has 2 aromatic heterocycles. The zero-order valence-electron chi connectivity index (χ0n) is 12.7.